The van der Waals surface area contributed by atoms with Crippen molar-refractivity contribution < 1.29 is 9.53 Å². The van der Waals surface area contributed by atoms with Crippen LogP contribution < -0.4 is 5.32 Å². The Morgan fingerprint density at radius 2 is 2.27 bits per heavy atom. The fraction of sp³-hybridized carbons (Fsp3) is 0.294. The summed E-state index contributed by atoms with van der Waals surface area (Å²) in [6.07, 6.45) is 4.13. The normalized spacial score (nSPS) is 11.4. The molecule has 2 aromatic rings. The molecule has 0 aliphatic heterocycles. The third kappa shape index (κ3) is 3.96. The van der Waals surface area contributed by atoms with Gasteiger partial charge in [0, 0.05) is 42.4 Å². The van der Waals surface area contributed by atoms with Gasteiger partial charge < -0.3 is 15.0 Å². The van der Waals surface area contributed by atoms with Crippen LogP contribution in [-0.2, 0) is 9.53 Å². The minimum atomic E-state index is -0.357. The number of carbonyl (C=O) groups excluding carboxylic acids is 1. The van der Waals surface area contributed by atoms with Gasteiger partial charge in [0.25, 0.3) is 5.91 Å². The SMILES string of the molecule is CCOCCCNC(=O)/C(C#N)=C/c1c[nH]c2ccccc12. The van der Waals surface area contributed by atoms with Gasteiger partial charge >= 0.3 is 0 Å². The Balaban J connectivity index is 2.04. The van der Waals surface area contributed by atoms with Crippen molar-refractivity contribution in [1.82, 2.24) is 10.3 Å². The van der Waals surface area contributed by atoms with Gasteiger partial charge in [-0.1, -0.05) is 18.2 Å². The van der Waals surface area contributed by atoms with Gasteiger partial charge in [0.15, 0.2) is 0 Å². The Morgan fingerprint density at radius 3 is 3.05 bits per heavy atom. The van der Waals surface area contributed by atoms with E-state index in [2.05, 4.69) is 10.3 Å². The first-order chi connectivity index (χ1) is 10.8. The monoisotopic (exact) mass is 297 g/mol. The number of aromatic nitrogens is 1. The first-order valence-electron chi connectivity index (χ1n) is 7.30. The van der Waals surface area contributed by atoms with Crippen LogP contribution in [-0.4, -0.2) is 30.6 Å². The van der Waals surface area contributed by atoms with Crippen LogP contribution in [0.3, 0.4) is 0 Å². The van der Waals surface area contributed by atoms with E-state index in [0.29, 0.717) is 19.8 Å². The molecule has 5 nitrogen and oxygen atoms in total. The lowest BCUT2D eigenvalue weighted by atomic mass is 10.1. The van der Waals surface area contributed by atoms with Crippen LogP contribution >= 0.6 is 0 Å². The van der Waals surface area contributed by atoms with Crippen LogP contribution in [0.4, 0.5) is 0 Å². The molecule has 0 fully saturated rings. The van der Waals surface area contributed by atoms with Crippen LogP contribution in [0.25, 0.3) is 17.0 Å². The summed E-state index contributed by atoms with van der Waals surface area (Å²) < 4.78 is 5.20. The van der Waals surface area contributed by atoms with Crippen LogP contribution in [0, 0.1) is 11.3 Å². The number of aromatic amines is 1. The van der Waals surface area contributed by atoms with E-state index in [1.807, 2.05) is 37.3 Å². The molecule has 0 spiro atoms. The number of benzene rings is 1. The largest absolute Gasteiger partial charge is 0.382 e. The maximum atomic E-state index is 12.0. The molecule has 0 atom stereocenters. The minimum Gasteiger partial charge on any atom is -0.382 e. The van der Waals surface area contributed by atoms with Crippen LogP contribution in [0.15, 0.2) is 36.0 Å². The molecule has 114 valence electrons. The molecule has 0 saturated heterocycles. The third-order valence-corrected chi connectivity index (χ3v) is 3.24. The second-order valence-electron chi connectivity index (χ2n) is 4.77. The number of para-hydroxylation sites is 1. The van der Waals surface area contributed by atoms with Gasteiger partial charge in [-0.25, -0.2) is 0 Å². The molecule has 0 aliphatic rings. The third-order valence-electron chi connectivity index (χ3n) is 3.24. The van der Waals surface area contributed by atoms with Crippen molar-refractivity contribution in [3.05, 3.63) is 41.6 Å². The van der Waals surface area contributed by atoms with E-state index < -0.39 is 0 Å². The fourth-order valence-corrected chi connectivity index (χ4v) is 2.13. The maximum absolute atomic E-state index is 12.0. The van der Waals surface area contributed by atoms with Crippen molar-refractivity contribution >= 4 is 22.9 Å². The van der Waals surface area contributed by atoms with Crippen molar-refractivity contribution in [3.8, 4) is 6.07 Å². The molecule has 1 aromatic carbocycles. The zero-order valence-corrected chi connectivity index (χ0v) is 12.6. The molecule has 0 radical (unpaired) electrons. The average molecular weight is 297 g/mol. The molecule has 1 amide bonds. The van der Waals surface area contributed by atoms with Crippen molar-refractivity contribution in [3.63, 3.8) is 0 Å². The van der Waals surface area contributed by atoms with Gasteiger partial charge in [-0.3, -0.25) is 4.79 Å². The quantitative estimate of drug-likeness (QED) is 0.468. The zero-order valence-electron chi connectivity index (χ0n) is 12.6. The van der Waals surface area contributed by atoms with Crippen molar-refractivity contribution in [2.45, 2.75) is 13.3 Å². The standard InChI is InChI=1S/C17H19N3O2/c1-2-22-9-5-8-19-17(21)13(11-18)10-14-12-20-16-7-4-3-6-15(14)16/h3-4,6-7,10,12,20H,2,5,8-9H2,1H3,(H,19,21)/b13-10+. The Hall–Kier alpha value is -2.58. The molecule has 0 saturated carbocycles. The van der Waals surface area contributed by atoms with Gasteiger partial charge in [0.2, 0.25) is 0 Å². The lowest BCUT2D eigenvalue weighted by Gasteiger charge is -2.04. The molecule has 2 N–H and O–H groups in total. The molecule has 1 heterocycles. The summed E-state index contributed by atoms with van der Waals surface area (Å²) in [6.45, 7) is 3.69. The van der Waals surface area contributed by atoms with Crippen molar-refractivity contribution in [1.29, 1.82) is 5.26 Å². The number of hydrogen-bond donors (Lipinski definition) is 2. The highest BCUT2D eigenvalue weighted by atomic mass is 16.5. The lowest BCUT2D eigenvalue weighted by Crippen LogP contribution is -2.26. The summed E-state index contributed by atoms with van der Waals surface area (Å²) in [5.41, 5.74) is 1.90. The number of hydrogen-bond acceptors (Lipinski definition) is 3. The molecular weight excluding hydrogens is 278 g/mol. The smallest absolute Gasteiger partial charge is 0.261 e. The molecule has 1 aromatic heterocycles. The highest BCUT2D eigenvalue weighted by Crippen LogP contribution is 2.20. The van der Waals surface area contributed by atoms with E-state index in [1.165, 1.54) is 0 Å². The molecule has 5 heteroatoms. The second kappa shape index (κ2) is 8.01. The second-order valence-corrected chi connectivity index (χ2v) is 4.77. The summed E-state index contributed by atoms with van der Waals surface area (Å²) in [5, 5.41) is 12.9. The Kier molecular flexibility index (Phi) is 5.75. The van der Waals surface area contributed by atoms with Gasteiger partial charge in [-0.15, -0.1) is 0 Å². The van der Waals surface area contributed by atoms with Crippen molar-refractivity contribution in [2.75, 3.05) is 19.8 Å². The summed E-state index contributed by atoms with van der Waals surface area (Å²) in [7, 11) is 0. The predicted molar refractivity (Wildman–Crippen MR) is 86.0 cm³/mol. The van der Waals surface area contributed by atoms with Crippen LogP contribution in [0.5, 0.6) is 0 Å². The summed E-state index contributed by atoms with van der Waals surface area (Å²) in [4.78, 5) is 15.1. The molecule has 0 aliphatic carbocycles. The number of fused-ring (bicyclic) bond motifs is 1. The first kappa shape index (κ1) is 15.8. The average Bonchev–Trinajstić information content (AvgIpc) is 2.95. The predicted octanol–water partition coefficient (Wildman–Crippen LogP) is 2.62. The summed E-state index contributed by atoms with van der Waals surface area (Å²) in [5.74, 6) is -0.357. The number of H-pyrrole nitrogens is 1. The lowest BCUT2D eigenvalue weighted by molar-refractivity contribution is -0.117. The minimum absolute atomic E-state index is 0.0983. The van der Waals surface area contributed by atoms with Crippen molar-refractivity contribution in [2.24, 2.45) is 0 Å². The molecule has 2 rings (SSSR count). The highest BCUT2D eigenvalue weighted by Gasteiger charge is 2.10. The number of nitriles is 1. The summed E-state index contributed by atoms with van der Waals surface area (Å²) in [6, 6.07) is 9.72. The number of amides is 1. The molecule has 22 heavy (non-hydrogen) atoms. The fourth-order valence-electron chi connectivity index (χ4n) is 2.13. The highest BCUT2D eigenvalue weighted by molar-refractivity contribution is 6.03. The molecular formula is C17H19N3O2. The van der Waals surface area contributed by atoms with E-state index >= 15 is 0 Å². The maximum Gasteiger partial charge on any atom is 0.261 e. The van der Waals surface area contributed by atoms with Crippen LogP contribution in [0.1, 0.15) is 18.9 Å². The van der Waals surface area contributed by atoms with Gasteiger partial charge in [-0.05, 0) is 25.5 Å². The van der Waals surface area contributed by atoms with E-state index in [4.69, 9.17) is 4.74 Å². The van der Waals surface area contributed by atoms with Gasteiger partial charge in [0.05, 0.1) is 0 Å². The van der Waals surface area contributed by atoms with Crippen LogP contribution in [0.2, 0.25) is 0 Å². The van der Waals surface area contributed by atoms with E-state index in [0.717, 1.165) is 22.9 Å². The number of rotatable bonds is 7. The first-order valence-corrected chi connectivity index (χ1v) is 7.30. The van der Waals surface area contributed by atoms with E-state index in [1.54, 1.807) is 12.3 Å². The number of nitrogens with zero attached hydrogens (tertiary/aromatic N) is 1. The van der Waals surface area contributed by atoms with E-state index in [9.17, 15) is 10.1 Å². The number of carbonyl (C=O) groups is 1. The van der Waals surface area contributed by atoms with Gasteiger partial charge in [-0.2, -0.15) is 5.26 Å². The topological polar surface area (TPSA) is 77.9 Å². The Labute approximate surface area is 129 Å². The summed E-state index contributed by atoms with van der Waals surface area (Å²) >= 11 is 0. The number of ether oxygens (including phenoxy) is 1. The van der Waals surface area contributed by atoms with E-state index in [-0.39, 0.29) is 11.5 Å². The number of nitrogens with one attached hydrogen (secondary N) is 2. The molecule has 0 bridgehead atoms. The van der Waals surface area contributed by atoms with Gasteiger partial charge in [0.1, 0.15) is 11.6 Å². The zero-order chi connectivity index (χ0) is 15.8. The molecule has 0 unspecified atom stereocenters. The Bertz CT molecular complexity index is 710. The Morgan fingerprint density at radius 1 is 1.45 bits per heavy atom.